The number of sulfonamides is 1. The molecule has 0 aliphatic rings. The lowest BCUT2D eigenvalue weighted by Gasteiger charge is -2.32. The summed E-state index contributed by atoms with van der Waals surface area (Å²) in [5, 5.41) is 2.94. The number of rotatable bonds is 13. The molecular weight excluding hydrogens is 554 g/mol. The quantitative estimate of drug-likeness (QED) is 0.303. The van der Waals surface area contributed by atoms with E-state index in [0.29, 0.717) is 11.4 Å². The van der Waals surface area contributed by atoms with E-state index in [-0.39, 0.29) is 29.1 Å². The van der Waals surface area contributed by atoms with Crippen LogP contribution in [-0.2, 0) is 26.2 Å². The summed E-state index contributed by atoms with van der Waals surface area (Å²) >= 11 is 0. The number of benzene rings is 3. The Kier molecular flexibility index (Phi) is 11.0. The normalized spacial score (nSPS) is 12.6. The number of ether oxygens (including phenoxy) is 2. The number of aryl methyl sites for hydroxylation is 2. The first-order valence-electron chi connectivity index (χ1n) is 13.9. The Labute approximate surface area is 249 Å². The molecule has 10 heteroatoms. The van der Waals surface area contributed by atoms with Crippen molar-refractivity contribution in [1.82, 2.24) is 10.2 Å². The van der Waals surface area contributed by atoms with Crippen LogP contribution in [0.2, 0.25) is 0 Å². The molecule has 3 aromatic rings. The van der Waals surface area contributed by atoms with Gasteiger partial charge in [0, 0.05) is 18.7 Å². The van der Waals surface area contributed by atoms with Crippen LogP contribution in [0.4, 0.5) is 5.69 Å². The van der Waals surface area contributed by atoms with Crippen LogP contribution >= 0.6 is 0 Å². The maximum Gasteiger partial charge on any atom is 0.264 e. The average Bonchev–Trinajstić information content (AvgIpc) is 2.98. The van der Waals surface area contributed by atoms with Gasteiger partial charge >= 0.3 is 0 Å². The van der Waals surface area contributed by atoms with E-state index in [1.165, 1.54) is 37.3 Å². The van der Waals surface area contributed by atoms with Gasteiger partial charge in [0.2, 0.25) is 11.8 Å². The number of anilines is 1. The number of carbonyl (C=O) groups is 2. The van der Waals surface area contributed by atoms with Crippen LogP contribution in [-0.4, -0.2) is 58.0 Å². The smallest absolute Gasteiger partial charge is 0.264 e. The summed E-state index contributed by atoms with van der Waals surface area (Å²) in [6, 6.07) is 17.9. The van der Waals surface area contributed by atoms with E-state index in [0.717, 1.165) is 27.4 Å². The van der Waals surface area contributed by atoms with Crippen molar-refractivity contribution in [3.8, 4) is 11.5 Å². The summed E-state index contributed by atoms with van der Waals surface area (Å²) in [5.74, 6) is -0.216. The average molecular weight is 596 g/mol. The Morgan fingerprint density at radius 3 is 1.98 bits per heavy atom. The molecule has 0 unspecified atom stereocenters. The van der Waals surface area contributed by atoms with Crippen molar-refractivity contribution in [2.75, 3.05) is 25.1 Å². The van der Waals surface area contributed by atoms with Gasteiger partial charge in [0.1, 0.15) is 12.6 Å². The molecule has 3 rings (SSSR count). The highest BCUT2D eigenvalue weighted by atomic mass is 32.2. The van der Waals surface area contributed by atoms with Crippen molar-refractivity contribution in [2.24, 2.45) is 0 Å². The largest absolute Gasteiger partial charge is 0.493 e. The molecule has 226 valence electrons. The van der Waals surface area contributed by atoms with E-state index in [9.17, 15) is 18.0 Å². The highest BCUT2D eigenvalue weighted by Gasteiger charge is 2.33. The zero-order valence-electron chi connectivity index (χ0n) is 25.4. The molecule has 0 heterocycles. The SMILES string of the molecule is CC[C@H](C)NC(=O)[C@@H](C)N(Cc1ccc(C)cc1)C(=O)CN(c1ccc(C)cc1)S(=O)(=O)c1ccc(OC)c(OC)c1. The molecule has 0 bridgehead atoms. The van der Waals surface area contributed by atoms with Crippen molar-refractivity contribution in [3.05, 3.63) is 83.4 Å². The van der Waals surface area contributed by atoms with Crippen LogP contribution in [0.15, 0.2) is 71.6 Å². The van der Waals surface area contributed by atoms with E-state index in [1.54, 1.807) is 31.2 Å². The molecule has 0 saturated heterocycles. The summed E-state index contributed by atoms with van der Waals surface area (Å²) in [7, 11) is -1.37. The summed E-state index contributed by atoms with van der Waals surface area (Å²) in [5.41, 5.74) is 3.13. The van der Waals surface area contributed by atoms with Gasteiger partial charge < -0.3 is 19.7 Å². The van der Waals surface area contributed by atoms with E-state index in [4.69, 9.17) is 9.47 Å². The van der Waals surface area contributed by atoms with Crippen molar-refractivity contribution in [2.45, 2.75) is 64.6 Å². The number of amides is 2. The van der Waals surface area contributed by atoms with Crippen LogP contribution in [0.25, 0.3) is 0 Å². The van der Waals surface area contributed by atoms with Gasteiger partial charge in [0.25, 0.3) is 10.0 Å². The van der Waals surface area contributed by atoms with Crippen LogP contribution in [0.1, 0.15) is 43.9 Å². The predicted octanol–water partition coefficient (Wildman–Crippen LogP) is 4.85. The molecule has 0 aliphatic heterocycles. The molecule has 2 amide bonds. The lowest BCUT2D eigenvalue weighted by atomic mass is 10.1. The summed E-state index contributed by atoms with van der Waals surface area (Å²) in [4.78, 5) is 28.6. The fourth-order valence-corrected chi connectivity index (χ4v) is 5.71. The third-order valence-corrected chi connectivity index (χ3v) is 8.96. The summed E-state index contributed by atoms with van der Waals surface area (Å²) < 4.78 is 39.9. The van der Waals surface area contributed by atoms with Gasteiger partial charge in [-0.1, -0.05) is 54.4 Å². The Hall–Kier alpha value is -4.05. The van der Waals surface area contributed by atoms with Crippen molar-refractivity contribution in [3.63, 3.8) is 0 Å². The zero-order valence-corrected chi connectivity index (χ0v) is 26.2. The minimum absolute atomic E-state index is 0.0684. The van der Waals surface area contributed by atoms with Gasteiger partial charge in [-0.15, -0.1) is 0 Å². The minimum Gasteiger partial charge on any atom is -0.493 e. The van der Waals surface area contributed by atoms with Gasteiger partial charge in [-0.2, -0.15) is 0 Å². The third-order valence-electron chi connectivity index (χ3n) is 7.19. The lowest BCUT2D eigenvalue weighted by molar-refractivity contribution is -0.139. The van der Waals surface area contributed by atoms with Crippen LogP contribution in [0, 0.1) is 13.8 Å². The standard InChI is InChI=1S/C32H41N3O6S/c1-8-24(4)33-32(37)25(5)34(20-26-13-9-22(2)10-14-26)31(36)21-35(27-15-11-23(3)12-16-27)42(38,39)28-17-18-29(40-6)30(19-28)41-7/h9-19,24-25H,8,20-21H2,1-7H3,(H,33,37)/t24-,25+/m0/s1. The number of nitrogens with one attached hydrogen (secondary N) is 1. The minimum atomic E-state index is -4.25. The van der Waals surface area contributed by atoms with Crippen molar-refractivity contribution >= 4 is 27.5 Å². The zero-order chi connectivity index (χ0) is 31.0. The molecule has 0 saturated carbocycles. The van der Waals surface area contributed by atoms with Crippen LogP contribution in [0.5, 0.6) is 11.5 Å². The number of methoxy groups -OCH3 is 2. The van der Waals surface area contributed by atoms with Gasteiger partial charge in [-0.3, -0.25) is 13.9 Å². The molecule has 0 spiro atoms. The summed E-state index contributed by atoms with van der Waals surface area (Å²) in [6.07, 6.45) is 0.731. The second kappa shape index (κ2) is 14.2. The second-order valence-electron chi connectivity index (χ2n) is 10.4. The molecule has 0 fully saturated rings. The van der Waals surface area contributed by atoms with Crippen molar-refractivity contribution < 1.29 is 27.5 Å². The number of hydrogen-bond donors (Lipinski definition) is 1. The third kappa shape index (κ3) is 7.82. The molecule has 3 aromatic carbocycles. The van der Waals surface area contributed by atoms with Gasteiger partial charge in [-0.25, -0.2) is 8.42 Å². The molecule has 2 atom stereocenters. The van der Waals surface area contributed by atoms with E-state index >= 15 is 0 Å². The molecule has 0 radical (unpaired) electrons. The highest BCUT2D eigenvalue weighted by Crippen LogP contribution is 2.32. The molecule has 0 aromatic heterocycles. The first-order valence-corrected chi connectivity index (χ1v) is 15.3. The monoisotopic (exact) mass is 595 g/mol. The van der Waals surface area contributed by atoms with Gasteiger partial charge in [0.05, 0.1) is 24.8 Å². The Bertz CT molecular complexity index is 1470. The molecule has 9 nitrogen and oxygen atoms in total. The van der Waals surface area contributed by atoms with E-state index in [2.05, 4.69) is 5.32 Å². The molecule has 0 aliphatic carbocycles. The van der Waals surface area contributed by atoms with Gasteiger partial charge in [0.15, 0.2) is 11.5 Å². The Balaban J connectivity index is 2.06. The maximum absolute atomic E-state index is 14.1. The molecule has 42 heavy (non-hydrogen) atoms. The molecular formula is C32H41N3O6S. The Morgan fingerprint density at radius 2 is 1.43 bits per heavy atom. The topological polar surface area (TPSA) is 105 Å². The highest BCUT2D eigenvalue weighted by molar-refractivity contribution is 7.92. The van der Waals surface area contributed by atoms with Crippen LogP contribution < -0.4 is 19.1 Å². The fraction of sp³-hybridized carbons (Fsp3) is 0.375. The number of hydrogen-bond acceptors (Lipinski definition) is 6. The first-order chi connectivity index (χ1) is 19.9. The summed E-state index contributed by atoms with van der Waals surface area (Å²) in [6.45, 7) is 8.98. The van der Waals surface area contributed by atoms with Crippen LogP contribution in [0.3, 0.4) is 0 Å². The number of carbonyl (C=O) groups excluding carboxylic acids is 2. The molecule has 1 N–H and O–H groups in total. The second-order valence-corrected chi connectivity index (χ2v) is 12.2. The van der Waals surface area contributed by atoms with Gasteiger partial charge in [-0.05, 0) is 63.9 Å². The van der Waals surface area contributed by atoms with Crippen molar-refractivity contribution in [1.29, 1.82) is 0 Å². The van der Waals surface area contributed by atoms with E-state index in [1.807, 2.05) is 52.0 Å². The maximum atomic E-state index is 14.1. The Morgan fingerprint density at radius 1 is 0.857 bits per heavy atom. The number of nitrogens with zero attached hydrogens (tertiary/aromatic N) is 2. The lowest BCUT2D eigenvalue weighted by Crippen LogP contribution is -2.52. The van der Waals surface area contributed by atoms with E-state index < -0.39 is 28.5 Å². The predicted molar refractivity (Wildman–Crippen MR) is 164 cm³/mol. The fourth-order valence-electron chi connectivity index (χ4n) is 4.28. The first kappa shape index (κ1) is 32.5.